The SMILES string of the molecule is CNc1ncc(Cl)cc1-c1nc(-c2noc(=O)[nH]2)cc2nc(N3CCO[C@H]4CCC[C@@H]43)n(C[C@H]3CC[C@H](C)CC3)c12. The third-order valence-electron chi connectivity index (χ3n) is 9.05. The van der Waals surface area contributed by atoms with Crippen molar-refractivity contribution in [2.75, 3.05) is 30.4 Å². The molecular weight excluding hydrogens is 544 g/mol. The van der Waals surface area contributed by atoms with Gasteiger partial charge in [-0.3, -0.25) is 9.51 Å². The van der Waals surface area contributed by atoms with Crippen molar-refractivity contribution in [3.8, 4) is 22.8 Å². The smallest absolute Gasteiger partial charge is 0.374 e. The zero-order valence-corrected chi connectivity index (χ0v) is 24.2. The second-order valence-electron chi connectivity index (χ2n) is 11.7. The fraction of sp³-hybridized carbons (Fsp3) is 0.552. The van der Waals surface area contributed by atoms with E-state index in [0.29, 0.717) is 40.8 Å². The molecule has 216 valence electrons. The number of ether oxygens (including phenoxy) is 1. The average Bonchev–Trinajstić information content (AvgIpc) is 3.72. The number of rotatable bonds is 6. The van der Waals surface area contributed by atoms with E-state index in [1.165, 1.54) is 25.7 Å². The van der Waals surface area contributed by atoms with Gasteiger partial charge in [0.2, 0.25) is 11.8 Å². The number of halogens is 1. The quantitative estimate of drug-likeness (QED) is 0.320. The van der Waals surface area contributed by atoms with E-state index in [9.17, 15) is 4.79 Å². The summed E-state index contributed by atoms with van der Waals surface area (Å²) in [5.41, 5.74) is 3.60. The molecular formula is C29H35ClN8O3. The highest BCUT2D eigenvalue weighted by atomic mass is 35.5. The molecule has 0 aromatic carbocycles. The predicted molar refractivity (Wildman–Crippen MR) is 157 cm³/mol. The Morgan fingerprint density at radius 3 is 2.78 bits per heavy atom. The Bertz CT molecular complexity index is 1620. The van der Waals surface area contributed by atoms with Crippen molar-refractivity contribution in [1.82, 2.24) is 29.7 Å². The third-order valence-corrected chi connectivity index (χ3v) is 9.26. The highest BCUT2D eigenvalue weighted by molar-refractivity contribution is 6.30. The van der Waals surface area contributed by atoms with Gasteiger partial charge in [-0.1, -0.05) is 36.5 Å². The molecule has 0 radical (unpaired) electrons. The van der Waals surface area contributed by atoms with Crippen LogP contribution in [0.4, 0.5) is 11.8 Å². The van der Waals surface area contributed by atoms with E-state index in [1.807, 2.05) is 19.2 Å². The summed E-state index contributed by atoms with van der Waals surface area (Å²) in [5, 5.41) is 7.63. The van der Waals surface area contributed by atoms with Crippen LogP contribution < -0.4 is 16.0 Å². The first-order valence-corrected chi connectivity index (χ1v) is 15.1. The summed E-state index contributed by atoms with van der Waals surface area (Å²) in [5.74, 6) is 2.53. The molecule has 11 nitrogen and oxygen atoms in total. The molecule has 2 atom stereocenters. The Morgan fingerprint density at radius 1 is 1.15 bits per heavy atom. The second-order valence-corrected chi connectivity index (χ2v) is 12.2. The van der Waals surface area contributed by atoms with Gasteiger partial charge in [0.15, 0.2) is 0 Å². The molecule has 12 heteroatoms. The summed E-state index contributed by atoms with van der Waals surface area (Å²) in [7, 11) is 1.83. The number of aromatic nitrogens is 6. The van der Waals surface area contributed by atoms with Crippen molar-refractivity contribution < 1.29 is 9.26 Å². The fourth-order valence-corrected chi connectivity index (χ4v) is 7.11. The second kappa shape index (κ2) is 10.8. The molecule has 5 heterocycles. The topological polar surface area (TPSA) is 127 Å². The van der Waals surface area contributed by atoms with Crippen LogP contribution in [0.1, 0.15) is 51.9 Å². The van der Waals surface area contributed by atoms with Crippen molar-refractivity contribution in [3.05, 3.63) is 33.9 Å². The lowest BCUT2D eigenvalue weighted by atomic mass is 9.83. The number of fused-ring (bicyclic) bond motifs is 2. The summed E-state index contributed by atoms with van der Waals surface area (Å²) in [6, 6.07) is 4.06. The maximum absolute atomic E-state index is 11.9. The number of nitrogens with one attached hydrogen (secondary N) is 2. The number of anilines is 2. The number of pyridine rings is 2. The van der Waals surface area contributed by atoms with Gasteiger partial charge in [-0.15, -0.1) is 0 Å². The lowest BCUT2D eigenvalue weighted by Gasteiger charge is -2.39. The Balaban J connectivity index is 1.47. The highest BCUT2D eigenvalue weighted by Gasteiger charge is 2.39. The van der Waals surface area contributed by atoms with Crippen LogP contribution >= 0.6 is 11.6 Å². The lowest BCUT2D eigenvalue weighted by Crippen LogP contribution is -2.49. The minimum atomic E-state index is -0.637. The summed E-state index contributed by atoms with van der Waals surface area (Å²) in [4.78, 5) is 31.9. The van der Waals surface area contributed by atoms with Crippen molar-refractivity contribution >= 4 is 34.4 Å². The molecule has 3 fully saturated rings. The van der Waals surface area contributed by atoms with Crippen LogP contribution in [0.3, 0.4) is 0 Å². The van der Waals surface area contributed by atoms with Gasteiger partial charge in [0.05, 0.1) is 34.8 Å². The zero-order chi connectivity index (χ0) is 28.1. The van der Waals surface area contributed by atoms with Crippen LogP contribution in [0.15, 0.2) is 27.6 Å². The van der Waals surface area contributed by atoms with E-state index in [4.69, 9.17) is 30.8 Å². The molecule has 1 aliphatic heterocycles. The number of H-pyrrole nitrogens is 1. The van der Waals surface area contributed by atoms with Crippen LogP contribution in [0.2, 0.25) is 5.02 Å². The largest absolute Gasteiger partial charge is 0.439 e. The van der Waals surface area contributed by atoms with E-state index >= 15 is 0 Å². The van der Waals surface area contributed by atoms with E-state index in [1.54, 1.807) is 6.20 Å². The summed E-state index contributed by atoms with van der Waals surface area (Å²) >= 11 is 6.49. The molecule has 0 spiro atoms. The maximum atomic E-state index is 11.9. The zero-order valence-electron chi connectivity index (χ0n) is 23.4. The molecule has 3 aliphatic rings. The Hall–Kier alpha value is -3.44. The van der Waals surface area contributed by atoms with E-state index in [0.717, 1.165) is 60.8 Å². The fourth-order valence-electron chi connectivity index (χ4n) is 6.95. The molecule has 0 amide bonds. The molecule has 2 saturated carbocycles. The number of imidazole rings is 1. The van der Waals surface area contributed by atoms with Crippen molar-refractivity contribution in [2.45, 2.75) is 70.6 Å². The van der Waals surface area contributed by atoms with Crippen molar-refractivity contribution in [2.24, 2.45) is 11.8 Å². The van der Waals surface area contributed by atoms with Gasteiger partial charge < -0.3 is 19.5 Å². The number of aromatic amines is 1. The summed E-state index contributed by atoms with van der Waals surface area (Å²) in [6.45, 7) is 4.68. The van der Waals surface area contributed by atoms with Crippen LogP contribution in [0.25, 0.3) is 33.8 Å². The first kappa shape index (κ1) is 26.5. The van der Waals surface area contributed by atoms with Gasteiger partial charge in [0.25, 0.3) is 0 Å². The Morgan fingerprint density at radius 2 is 2.00 bits per heavy atom. The molecule has 0 bridgehead atoms. The molecule has 2 aliphatic carbocycles. The maximum Gasteiger partial charge on any atom is 0.439 e. The van der Waals surface area contributed by atoms with Crippen LogP contribution in [-0.4, -0.2) is 62.0 Å². The normalized spacial score (nSPS) is 24.6. The molecule has 7 rings (SSSR count). The average molecular weight is 579 g/mol. The predicted octanol–water partition coefficient (Wildman–Crippen LogP) is 5.12. The summed E-state index contributed by atoms with van der Waals surface area (Å²) in [6.07, 6.45) is 10.0. The van der Waals surface area contributed by atoms with Crippen LogP contribution in [0.5, 0.6) is 0 Å². The van der Waals surface area contributed by atoms with E-state index in [2.05, 4.69) is 36.8 Å². The van der Waals surface area contributed by atoms with Crippen molar-refractivity contribution in [3.63, 3.8) is 0 Å². The Kier molecular flexibility index (Phi) is 6.94. The van der Waals surface area contributed by atoms with Crippen molar-refractivity contribution in [1.29, 1.82) is 0 Å². The van der Waals surface area contributed by atoms with Gasteiger partial charge in [0, 0.05) is 31.9 Å². The van der Waals surface area contributed by atoms with Gasteiger partial charge in [-0.2, -0.15) is 0 Å². The summed E-state index contributed by atoms with van der Waals surface area (Å²) < 4.78 is 13.4. The molecule has 2 N–H and O–H groups in total. The van der Waals surface area contributed by atoms with Gasteiger partial charge in [-0.05, 0) is 56.1 Å². The number of hydrogen-bond acceptors (Lipinski definition) is 9. The van der Waals surface area contributed by atoms with Gasteiger partial charge >= 0.3 is 5.76 Å². The molecule has 41 heavy (non-hydrogen) atoms. The van der Waals surface area contributed by atoms with Crippen LogP contribution in [-0.2, 0) is 11.3 Å². The molecule has 4 aromatic rings. The number of morpholine rings is 1. The monoisotopic (exact) mass is 578 g/mol. The van der Waals surface area contributed by atoms with Gasteiger partial charge in [0.1, 0.15) is 17.2 Å². The van der Waals surface area contributed by atoms with E-state index < -0.39 is 5.76 Å². The highest BCUT2D eigenvalue weighted by Crippen LogP contribution is 2.41. The van der Waals surface area contributed by atoms with Gasteiger partial charge in [-0.25, -0.2) is 19.7 Å². The molecule has 4 aromatic heterocycles. The first-order valence-electron chi connectivity index (χ1n) is 14.7. The Labute approximate surface area is 242 Å². The number of nitrogens with zero attached hydrogens (tertiary/aromatic N) is 6. The first-order chi connectivity index (χ1) is 20.0. The minimum Gasteiger partial charge on any atom is -0.374 e. The minimum absolute atomic E-state index is 0.230. The van der Waals surface area contributed by atoms with E-state index in [-0.39, 0.29) is 11.9 Å². The van der Waals surface area contributed by atoms with Crippen LogP contribution in [0, 0.1) is 11.8 Å². The third kappa shape index (κ3) is 4.88. The molecule has 0 unspecified atom stereocenters. The lowest BCUT2D eigenvalue weighted by molar-refractivity contribution is 0.0247. The standard InChI is InChI=1S/C29H35ClN8O3/c1-16-6-8-17(9-7-16)15-38-25-20(34-28(38)37-10-11-40-23-5-3-4-22(23)37)13-21(27-35-29(39)41-36-27)33-24(25)19-12-18(30)14-32-26(19)31-2/h12-14,16-17,22-23H,3-11,15H2,1-2H3,(H,31,32)(H,35,36,39)/t16-,17-,22-,23-/m0/s1. The number of hydrogen-bond donors (Lipinski definition) is 2. The molecule has 1 saturated heterocycles.